The Labute approximate surface area is 180 Å². The van der Waals surface area contributed by atoms with E-state index in [1.807, 2.05) is 42.5 Å². The Morgan fingerprint density at radius 1 is 1.03 bits per heavy atom. The fourth-order valence-electron chi connectivity index (χ4n) is 4.39. The van der Waals surface area contributed by atoms with Gasteiger partial charge in [-0.3, -0.25) is 4.79 Å². The molecule has 31 heavy (non-hydrogen) atoms. The standard InChI is InChI=1S/C24H25N3O4/c28-23-17(12-16-13-21-22(14-20(16)26-23)31-11-10-30-21)15-27(19-8-4-5-9-19)24(29)25-18-6-2-1-3-7-18/h1-3,6-7,12-14,19H,4-5,8-11,15H2,(H,25,29)(H,26,28). The van der Waals surface area contributed by atoms with Gasteiger partial charge in [-0.15, -0.1) is 0 Å². The van der Waals surface area contributed by atoms with Gasteiger partial charge in [-0.05, 0) is 37.1 Å². The lowest BCUT2D eigenvalue weighted by Gasteiger charge is -2.29. The van der Waals surface area contributed by atoms with Crippen molar-refractivity contribution >= 4 is 22.6 Å². The summed E-state index contributed by atoms with van der Waals surface area (Å²) in [5.41, 5.74) is 1.80. The molecular formula is C24H25N3O4. The van der Waals surface area contributed by atoms with Crippen LogP contribution in [0.3, 0.4) is 0 Å². The molecule has 0 atom stereocenters. The van der Waals surface area contributed by atoms with Crippen molar-refractivity contribution in [2.24, 2.45) is 0 Å². The molecule has 0 bridgehead atoms. The number of fused-ring (bicyclic) bond motifs is 2. The maximum absolute atomic E-state index is 13.1. The van der Waals surface area contributed by atoms with E-state index in [0.29, 0.717) is 35.8 Å². The number of benzene rings is 2. The van der Waals surface area contributed by atoms with Crippen LogP contribution < -0.4 is 20.3 Å². The molecule has 3 aromatic rings. The maximum atomic E-state index is 13.1. The highest BCUT2D eigenvalue weighted by molar-refractivity contribution is 5.89. The van der Waals surface area contributed by atoms with Crippen molar-refractivity contribution in [3.63, 3.8) is 0 Å². The number of amides is 2. The average molecular weight is 419 g/mol. The summed E-state index contributed by atoms with van der Waals surface area (Å²) in [6.45, 7) is 1.25. The van der Waals surface area contributed by atoms with Gasteiger partial charge in [-0.2, -0.15) is 0 Å². The molecule has 1 saturated carbocycles. The van der Waals surface area contributed by atoms with Gasteiger partial charge in [-0.1, -0.05) is 31.0 Å². The smallest absolute Gasteiger partial charge is 0.322 e. The monoisotopic (exact) mass is 419 g/mol. The molecule has 1 aliphatic carbocycles. The molecule has 1 aromatic heterocycles. The van der Waals surface area contributed by atoms with Crippen LogP contribution in [0.25, 0.3) is 10.9 Å². The minimum Gasteiger partial charge on any atom is -0.486 e. The van der Waals surface area contributed by atoms with Crippen LogP contribution >= 0.6 is 0 Å². The number of nitrogens with one attached hydrogen (secondary N) is 2. The van der Waals surface area contributed by atoms with Crippen molar-refractivity contribution in [2.75, 3.05) is 18.5 Å². The summed E-state index contributed by atoms with van der Waals surface area (Å²) < 4.78 is 11.3. The zero-order chi connectivity index (χ0) is 21.2. The number of H-pyrrole nitrogens is 1. The van der Waals surface area contributed by atoms with Crippen LogP contribution in [0.1, 0.15) is 31.2 Å². The van der Waals surface area contributed by atoms with Crippen LogP contribution in [0.15, 0.2) is 53.3 Å². The molecule has 0 saturated heterocycles. The molecule has 0 unspecified atom stereocenters. The van der Waals surface area contributed by atoms with Crippen molar-refractivity contribution in [3.05, 3.63) is 64.4 Å². The highest BCUT2D eigenvalue weighted by atomic mass is 16.6. The van der Waals surface area contributed by atoms with E-state index in [1.165, 1.54) is 0 Å². The number of aromatic amines is 1. The molecule has 2 aliphatic rings. The second-order valence-corrected chi connectivity index (χ2v) is 8.07. The number of para-hydroxylation sites is 1. The first-order valence-electron chi connectivity index (χ1n) is 10.8. The van der Waals surface area contributed by atoms with Gasteiger partial charge in [0.25, 0.3) is 5.56 Å². The van der Waals surface area contributed by atoms with Crippen LogP contribution in [-0.4, -0.2) is 35.2 Å². The molecule has 0 radical (unpaired) electrons. The number of carbonyl (C=O) groups excluding carboxylic acids is 1. The van der Waals surface area contributed by atoms with E-state index in [-0.39, 0.29) is 24.2 Å². The highest BCUT2D eigenvalue weighted by Crippen LogP contribution is 2.34. The van der Waals surface area contributed by atoms with Gasteiger partial charge in [0.2, 0.25) is 0 Å². The predicted octanol–water partition coefficient (Wildman–Crippen LogP) is 4.28. The van der Waals surface area contributed by atoms with Crippen molar-refractivity contribution < 1.29 is 14.3 Å². The Morgan fingerprint density at radius 2 is 1.74 bits per heavy atom. The van der Waals surface area contributed by atoms with Crippen molar-refractivity contribution in [1.29, 1.82) is 0 Å². The molecule has 2 heterocycles. The summed E-state index contributed by atoms with van der Waals surface area (Å²) in [6.07, 6.45) is 4.09. The van der Waals surface area contributed by atoms with E-state index >= 15 is 0 Å². The van der Waals surface area contributed by atoms with Gasteiger partial charge in [-0.25, -0.2) is 4.79 Å². The summed E-state index contributed by atoms with van der Waals surface area (Å²) in [5, 5.41) is 3.83. The molecular weight excluding hydrogens is 394 g/mol. The fraction of sp³-hybridized carbons (Fsp3) is 0.333. The molecule has 2 amide bonds. The minimum absolute atomic E-state index is 0.124. The van der Waals surface area contributed by atoms with Crippen molar-refractivity contribution in [2.45, 2.75) is 38.3 Å². The zero-order valence-electron chi connectivity index (χ0n) is 17.2. The average Bonchev–Trinajstić information content (AvgIpc) is 3.31. The van der Waals surface area contributed by atoms with Crippen LogP contribution in [0.4, 0.5) is 10.5 Å². The van der Waals surface area contributed by atoms with Gasteiger partial charge >= 0.3 is 6.03 Å². The Balaban J connectivity index is 1.45. The van der Waals surface area contributed by atoms with Crippen LogP contribution in [0.2, 0.25) is 0 Å². The van der Waals surface area contributed by atoms with E-state index in [4.69, 9.17) is 9.47 Å². The predicted molar refractivity (Wildman–Crippen MR) is 119 cm³/mol. The highest BCUT2D eigenvalue weighted by Gasteiger charge is 2.28. The van der Waals surface area contributed by atoms with Gasteiger partial charge in [0.05, 0.1) is 12.1 Å². The number of urea groups is 1. The lowest BCUT2D eigenvalue weighted by atomic mass is 10.1. The minimum atomic E-state index is -0.195. The third-order valence-corrected chi connectivity index (χ3v) is 5.98. The second kappa shape index (κ2) is 8.34. The molecule has 160 valence electrons. The SMILES string of the molecule is O=C(Nc1ccccc1)N(Cc1cc2cc3c(cc2[nH]c1=O)OCCO3)C1CCCC1. The number of hydrogen-bond acceptors (Lipinski definition) is 4. The van der Waals surface area contributed by atoms with Gasteiger partial charge in [0, 0.05) is 28.7 Å². The van der Waals surface area contributed by atoms with E-state index in [9.17, 15) is 9.59 Å². The molecule has 5 rings (SSSR count). The van der Waals surface area contributed by atoms with E-state index in [1.54, 1.807) is 11.0 Å². The summed E-state index contributed by atoms with van der Waals surface area (Å²) in [6, 6.07) is 14.9. The van der Waals surface area contributed by atoms with Gasteiger partial charge < -0.3 is 24.7 Å². The Morgan fingerprint density at radius 3 is 2.48 bits per heavy atom. The van der Waals surface area contributed by atoms with Gasteiger partial charge in [0.15, 0.2) is 11.5 Å². The van der Waals surface area contributed by atoms with E-state index in [0.717, 1.165) is 36.8 Å². The molecule has 2 N–H and O–H groups in total. The third-order valence-electron chi connectivity index (χ3n) is 5.98. The second-order valence-electron chi connectivity index (χ2n) is 8.07. The molecule has 0 spiro atoms. The Bertz CT molecular complexity index is 1150. The van der Waals surface area contributed by atoms with Gasteiger partial charge in [0.1, 0.15) is 13.2 Å². The van der Waals surface area contributed by atoms with E-state index < -0.39 is 0 Å². The molecule has 7 heteroatoms. The Hall–Kier alpha value is -3.48. The molecule has 2 aromatic carbocycles. The number of rotatable bonds is 4. The first-order valence-corrected chi connectivity index (χ1v) is 10.8. The number of hydrogen-bond donors (Lipinski definition) is 2. The lowest BCUT2D eigenvalue weighted by molar-refractivity contribution is 0.172. The number of pyridine rings is 1. The fourth-order valence-corrected chi connectivity index (χ4v) is 4.39. The van der Waals surface area contributed by atoms with Crippen molar-refractivity contribution in [1.82, 2.24) is 9.88 Å². The topological polar surface area (TPSA) is 83.7 Å². The number of anilines is 1. The third kappa shape index (κ3) is 4.08. The first-order chi connectivity index (χ1) is 15.2. The number of nitrogens with zero attached hydrogens (tertiary/aromatic N) is 1. The largest absolute Gasteiger partial charge is 0.486 e. The normalized spacial score (nSPS) is 15.7. The van der Waals surface area contributed by atoms with Crippen LogP contribution in [-0.2, 0) is 6.54 Å². The quantitative estimate of drug-likeness (QED) is 0.661. The van der Waals surface area contributed by atoms with Crippen LogP contribution in [0, 0.1) is 0 Å². The first kappa shape index (κ1) is 19.5. The lowest BCUT2D eigenvalue weighted by Crippen LogP contribution is -2.42. The Kier molecular flexibility index (Phi) is 5.24. The van der Waals surface area contributed by atoms with E-state index in [2.05, 4.69) is 10.3 Å². The zero-order valence-corrected chi connectivity index (χ0v) is 17.2. The summed E-state index contributed by atoms with van der Waals surface area (Å²) in [7, 11) is 0. The molecule has 1 aliphatic heterocycles. The molecule has 1 fully saturated rings. The molecule has 7 nitrogen and oxygen atoms in total. The summed E-state index contributed by atoms with van der Waals surface area (Å²) >= 11 is 0. The summed E-state index contributed by atoms with van der Waals surface area (Å²) in [5.74, 6) is 1.31. The number of ether oxygens (including phenoxy) is 2. The number of aromatic nitrogens is 1. The summed E-state index contributed by atoms with van der Waals surface area (Å²) in [4.78, 5) is 30.7. The van der Waals surface area contributed by atoms with Crippen LogP contribution in [0.5, 0.6) is 11.5 Å². The van der Waals surface area contributed by atoms with Crippen molar-refractivity contribution in [3.8, 4) is 11.5 Å². The number of carbonyl (C=O) groups is 1. The maximum Gasteiger partial charge on any atom is 0.322 e.